The Morgan fingerprint density at radius 3 is 2.50 bits per heavy atom. The number of rotatable bonds is 5. The van der Waals surface area contributed by atoms with Gasteiger partial charge in [-0.1, -0.05) is 46.3 Å². The normalized spacial score (nSPS) is 14.9. The Bertz CT molecular complexity index is 986. The van der Waals surface area contributed by atoms with Gasteiger partial charge >= 0.3 is 0 Å². The van der Waals surface area contributed by atoms with Gasteiger partial charge in [-0.3, -0.25) is 4.79 Å². The van der Waals surface area contributed by atoms with Gasteiger partial charge in [0.2, 0.25) is 0 Å². The first-order valence-corrected chi connectivity index (χ1v) is 10.1. The largest absolute Gasteiger partial charge is 0.349 e. The molecule has 0 radical (unpaired) electrons. The monoisotopic (exact) mass is 438 g/mol. The number of likely N-dealkylation sites (N-methyl/N-ethyl adjacent to an activating group) is 1. The van der Waals surface area contributed by atoms with E-state index < -0.39 is 0 Å². The number of hydrogen-bond acceptors (Lipinski definition) is 3. The summed E-state index contributed by atoms with van der Waals surface area (Å²) >= 11 is 3.46. The van der Waals surface area contributed by atoms with Crippen molar-refractivity contribution in [3.8, 4) is 5.69 Å². The summed E-state index contributed by atoms with van der Waals surface area (Å²) in [5.74, 6) is -0.147. The van der Waals surface area contributed by atoms with E-state index in [1.807, 2.05) is 30.5 Å². The van der Waals surface area contributed by atoms with Crippen LogP contribution in [0.5, 0.6) is 0 Å². The lowest BCUT2D eigenvalue weighted by Crippen LogP contribution is -2.53. The highest BCUT2D eigenvalue weighted by molar-refractivity contribution is 9.10. The van der Waals surface area contributed by atoms with Crippen LogP contribution in [0.1, 0.15) is 21.6 Å². The van der Waals surface area contributed by atoms with Crippen LogP contribution in [-0.4, -0.2) is 46.8 Å². The van der Waals surface area contributed by atoms with Crippen LogP contribution in [0, 0.1) is 0 Å². The molecular weight excluding hydrogens is 416 g/mol. The maximum absolute atomic E-state index is 12.7. The Kier molecular flexibility index (Phi) is 5.08. The van der Waals surface area contributed by atoms with Gasteiger partial charge < -0.3 is 10.2 Å². The molecule has 1 heterocycles. The van der Waals surface area contributed by atoms with Crippen LogP contribution in [0.3, 0.4) is 0 Å². The van der Waals surface area contributed by atoms with Crippen LogP contribution in [0.25, 0.3) is 5.69 Å². The third kappa shape index (κ3) is 3.62. The van der Waals surface area contributed by atoms with Crippen molar-refractivity contribution < 1.29 is 4.79 Å². The summed E-state index contributed by atoms with van der Waals surface area (Å²) in [4.78, 5) is 15.0. The van der Waals surface area contributed by atoms with E-state index in [0.29, 0.717) is 12.2 Å². The van der Waals surface area contributed by atoms with Crippen molar-refractivity contribution in [2.24, 2.45) is 0 Å². The second-order valence-electron chi connectivity index (χ2n) is 7.55. The minimum Gasteiger partial charge on any atom is -0.349 e. The lowest BCUT2D eigenvalue weighted by molar-refractivity contribution is 0.0897. The fraction of sp³-hybridized carbons (Fsp3) is 0.273. The highest BCUT2D eigenvalue weighted by Crippen LogP contribution is 2.33. The fourth-order valence-electron chi connectivity index (χ4n) is 3.82. The Morgan fingerprint density at radius 1 is 1.14 bits per heavy atom. The predicted octanol–water partition coefficient (Wildman–Crippen LogP) is 3.46. The number of nitrogens with zero attached hydrogens (tertiary/aromatic N) is 3. The van der Waals surface area contributed by atoms with Crippen LogP contribution in [0.2, 0.25) is 0 Å². The van der Waals surface area contributed by atoms with E-state index in [2.05, 4.69) is 69.6 Å². The summed E-state index contributed by atoms with van der Waals surface area (Å²) in [7, 11) is 4.17. The zero-order valence-electron chi connectivity index (χ0n) is 16.0. The van der Waals surface area contributed by atoms with Crippen molar-refractivity contribution in [1.82, 2.24) is 20.0 Å². The van der Waals surface area contributed by atoms with E-state index in [9.17, 15) is 4.79 Å². The molecule has 0 fully saturated rings. The molecule has 0 aliphatic heterocycles. The Hall–Kier alpha value is -2.44. The number of amides is 1. The standard InChI is InChI=1S/C22H23BrN4O/c1-26(2)22(13-16-6-3-4-7-17(16)14-22)15-24-21(28)20-10-11-27(25-20)19-9-5-8-18(23)12-19/h3-12H,13-15H2,1-2H3,(H,24,28). The maximum atomic E-state index is 12.7. The van der Waals surface area contributed by atoms with Crippen LogP contribution in [0.15, 0.2) is 65.3 Å². The van der Waals surface area contributed by atoms with E-state index in [4.69, 9.17) is 0 Å². The van der Waals surface area contributed by atoms with Gasteiger partial charge in [-0.05, 0) is 62.3 Å². The van der Waals surface area contributed by atoms with E-state index in [-0.39, 0.29) is 11.4 Å². The Balaban J connectivity index is 1.47. The first-order chi connectivity index (χ1) is 13.5. The average molecular weight is 439 g/mol. The maximum Gasteiger partial charge on any atom is 0.271 e. The number of fused-ring (bicyclic) bond motifs is 1. The summed E-state index contributed by atoms with van der Waals surface area (Å²) in [5.41, 5.74) is 3.95. The molecule has 2 aromatic carbocycles. The molecule has 144 valence electrons. The number of nitrogens with one attached hydrogen (secondary N) is 1. The number of carbonyl (C=O) groups excluding carboxylic acids is 1. The van der Waals surface area contributed by atoms with Crippen molar-refractivity contribution in [2.45, 2.75) is 18.4 Å². The third-order valence-corrected chi connectivity index (χ3v) is 6.07. The Labute approximate surface area is 173 Å². The van der Waals surface area contributed by atoms with Crippen molar-refractivity contribution in [2.75, 3.05) is 20.6 Å². The number of aromatic nitrogens is 2. The second-order valence-corrected chi connectivity index (χ2v) is 8.46. The number of benzene rings is 2. The van der Waals surface area contributed by atoms with E-state index in [0.717, 1.165) is 23.0 Å². The van der Waals surface area contributed by atoms with Gasteiger partial charge in [0.25, 0.3) is 5.91 Å². The van der Waals surface area contributed by atoms with E-state index in [1.54, 1.807) is 10.7 Å². The molecule has 0 saturated heterocycles. The topological polar surface area (TPSA) is 50.2 Å². The lowest BCUT2D eigenvalue weighted by Gasteiger charge is -2.36. The van der Waals surface area contributed by atoms with Gasteiger partial charge in [-0.25, -0.2) is 4.68 Å². The van der Waals surface area contributed by atoms with Gasteiger partial charge in [-0.2, -0.15) is 5.10 Å². The van der Waals surface area contributed by atoms with Crippen molar-refractivity contribution >= 4 is 21.8 Å². The smallest absolute Gasteiger partial charge is 0.271 e. The number of hydrogen-bond donors (Lipinski definition) is 1. The summed E-state index contributed by atoms with van der Waals surface area (Å²) in [6, 6.07) is 18.1. The van der Waals surface area contributed by atoms with E-state index in [1.165, 1.54) is 11.1 Å². The summed E-state index contributed by atoms with van der Waals surface area (Å²) in [6.45, 7) is 0.581. The lowest BCUT2D eigenvalue weighted by atomic mass is 9.94. The molecule has 1 N–H and O–H groups in total. The third-order valence-electron chi connectivity index (χ3n) is 5.58. The fourth-order valence-corrected chi connectivity index (χ4v) is 4.20. The van der Waals surface area contributed by atoms with Crippen molar-refractivity contribution in [3.05, 3.63) is 82.1 Å². The van der Waals surface area contributed by atoms with Crippen LogP contribution < -0.4 is 5.32 Å². The molecule has 1 aromatic heterocycles. The first-order valence-electron chi connectivity index (χ1n) is 9.31. The molecule has 4 rings (SSSR count). The van der Waals surface area contributed by atoms with Crippen LogP contribution in [-0.2, 0) is 12.8 Å². The molecule has 1 aliphatic carbocycles. The van der Waals surface area contributed by atoms with Gasteiger partial charge in [0.15, 0.2) is 5.69 Å². The summed E-state index contributed by atoms with van der Waals surface area (Å²) < 4.78 is 2.69. The Morgan fingerprint density at radius 2 is 1.86 bits per heavy atom. The number of carbonyl (C=O) groups is 1. The van der Waals surface area contributed by atoms with Gasteiger partial charge in [0, 0.05) is 22.8 Å². The number of halogens is 1. The molecule has 0 saturated carbocycles. The zero-order chi connectivity index (χ0) is 19.7. The highest BCUT2D eigenvalue weighted by Gasteiger charge is 2.39. The molecule has 0 unspecified atom stereocenters. The second kappa shape index (κ2) is 7.53. The molecule has 1 amide bonds. The van der Waals surface area contributed by atoms with Gasteiger partial charge in [0.05, 0.1) is 5.69 Å². The van der Waals surface area contributed by atoms with Crippen LogP contribution >= 0.6 is 15.9 Å². The van der Waals surface area contributed by atoms with Gasteiger partial charge in [0.1, 0.15) is 0 Å². The van der Waals surface area contributed by atoms with E-state index >= 15 is 0 Å². The molecule has 0 atom stereocenters. The van der Waals surface area contributed by atoms with Gasteiger partial charge in [-0.15, -0.1) is 0 Å². The molecule has 6 heteroatoms. The highest BCUT2D eigenvalue weighted by atomic mass is 79.9. The van der Waals surface area contributed by atoms with Crippen LogP contribution in [0.4, 0.5) is 0 Å². The first kappa shape index (κ1) is 18.9. The van der Waals surface area contributed by atoms with Crippen molar-refractivity contribution in [3.63, 3.8) is 0 Å². The summed E-state index contributed by atoms with van der Waals surface area (Å²) in [5, 5.41) is 7.55. The predicted molar refractivity (Wildman–Crippen MR) is 114 cm³/mol. The summed E-state index contributed by atoms with van der Waals surface area (Å²) in [6.07, 6.45) is 3.68. The molecule has 0 bridgehead atoms. The molecule has 1 aliphatic rings. The molecule has 0 spiro atoms. The minimum atomic E-state index is -0.147. The minimum absolute atomic E-state index is 0.105. The zero-order valence-corrected chi connectivity index (χ0v) is 17.6. The average Bonchev–Trinajstić information content (AvgIpc) is 3.31. The molecule has 5 nitrogen and oxygen atoms in total. The van der Waals surface area contributed by atoms with Crippen molar-refractivity contribution in [1.29, 1.82) is 0 Å². The quantitative estimate of drug-likeness (QED) is 0.663. The SMILES string of the molecule is CN(C)C1(CNC(=O)c2ccn(-c3cccc(Br)c3)n2)Cc2ccccc2C1. The molecule has 28 heavy (non-hydrogen) atoms. The molecular formula is C22H23BrN4O. The molecule has 3 aromatic rings.